The minimum Gasteiger partial charge on any atom is -0.465 e. The molecule has 1 heterocycles. The molecule has 0 bridgehead atoms. The van der Waals surface area contributed by atoms with Gasteiger partial charge in [-0.1, -0.05) is 6.92 Å². The van der Waals surface area contributed by atoms with Gasteiger partial charge in [-0.25, -0.2) is 0 Å². The van der Waals surface area contributed by atoms with E-state index in [0.717, 1.165) is 11.5 Å². The maximum atomic E-state index is 6.05. The zero-order valence-corrected chi connectivity index (χ0v) is 7.63. The van der Waals surface area contributed by atoms with Crippen molar-refractivity contribution >= 4 is 0 Å². The first-order chi connectivity index (χ1) is 5.62. The SMILES string of the molecule is Cc1ccc([C@H](N)C2(C)CC2)o1. The van der Waals surface area contributed by atoms with Gasteiger partial charge in [0.25, 0.3) is 0 Å². The molecule has 2 nitrogen and oxygen atoms in total. The summed E-state index contributed by atoms with van der Waals surface area (Å²) in [4.78, 5) is 0. The maximum absolute atomic E-state index is 6.05. The minimum atomic E-state index is 0.0891. The minimum absolute atomic E-state index is 0.0891. The fourth-order valence-electron chi connectivity index (χ4n) is 1.47. The zero-order valence-electron chi connectivity index (χ0n) is 7.63. The summed E-state index contributed by atoms with van der Waals surface area (Å²) < 4.78 is 5.49. The van der Waals surface area contributed by atoms with E-state index in [1.54, 1.807) is 0 Å². The van der Waals surface area contributed by atoms with Crippen LogP contribution in [0.25, 0.3) is 0 Å². The van der Waals surface area contributed by atoms with Gasteiger partial charge in [-0.05, 0) is 37.3 Å². The van der Waals surface area contributed by atoms with Crippen molar-refractivity contribution in [3.05, 3.63) is 23.7 Å². The third-order valence-electron chi connectivity index (χ3n) is 2.86. The van der Waals surface area contributed by atoms with Crippen LogP contribution in [-0.4, -0.2) is 0 Å². The van der Waals surface area contributed by atoms with E-state index in [4.69, 9.17) is 10.2 Å². The van der Waals surface area contributed by atoms with Gasteiger partial charge in [0.05, 0.1) is 6.04 Å². The molecule has 1 fully saturated rings. The number of rotatable bonds is 2. The van der Waals surface area contributed by atoms with Crippen molar-refractivity contribution in [2.45, 2.75) is 32.7 Å². The average Bonchev–Trinajstić information content (AvgIpc) is 2.62. The van der Waals surface area contributed by atoms with E-state index in [1.165, 1.54) is 12.8 Å². The molecule has 1 aromatic heterocycles. The fourth-order valence-corrected chi connectivity index (χ4v) is 1.47. The molecule has 2 N–H and O–H groups in total. The quantitative estimate of drug-likeness (QED) is 0.730. The summed E-state index contributed by atoms with van der Waals surface area (Å²) in [5.74, 6) is 1.89. The summed E-state index contributed by atoms with van der Waals surface area (Å²) in [5, 5.41) is 0. The van der Waals surface area contributed by atoms with Crippen molar-refractivity contribution < 1.29 is 4.42 Å². The summed E-state index contributed by atoms with van der Waals surface area (Å²) in [6.07, 6.45) is 2.46. The maximum Gasteiger partial charge on any atom is 0.121 e. The number of hydrogen-bond acceptors (Lipinski definition) is 2. The van der Waals surface area contributed by atoms with Crippen molar-refractivity contribution in [2.24, 2.45) is 11.1 Å². The van der Waals surface area contributed by atoms with Gasteiger partial charge in [-0.2, -0.15) is 0 Å². The van der Waals surface area contributed by atoms with Gasteiger partial charge in [-0.3, -0.25) is 0 Å². The Morgan fingerprint density at radius 2 is 2.17 bits per heavy atom. The summed E-state index contributed by atoms with van der Waals surface area (Å²) in [7, 11) is 0. The smallest absolute Gasteiger partial charge is 0.121 e. The second kappa shape index (κ2) is 2.36. The second-order valence-corrected chi connectivity index (χ2v) is 4.08. The highest BCUT2D eigenvalue weighted by Crippen LogP contribution is 2.53. The predicted octanol–water partition coefficient (Wildman–Crippen LogP) is 2.39. The highest BCUT2D eigenvalue weighted by Gasteiger charge is 2.44. The van der Waals surface area contributed by atoms with Crippen LogP contribution in [0.4, 0.5) is 0 Å². The van der Waals surface area contributed by atoms with Crippen LogP contribution in [0.15, 0.2) is 16.5 Å². The van der Waals surface area contributed by atoms with E-state index >= 15 is 0 Å². The first kappa shape index (κ1) is 7.87. The molecule has 0 unspecified atom stereocenters. The summed E-state index contributed by atoms with van der Waals surface area (Å²) in [6, 6.07) is 4.05. The third kappa shape index (κ3) is 1.16. The van der Waals surface area contributed by atoms with Crippen molar-refractivity contribution in [3.8, 4) is 0 Å². The molecule has 0 aliphatic heterocycles. The Labute approximate surface area is 72.7 Å². The predicted molar refractivity (Wildman–Crippen MR) is 47.7 cm³/mol. The van der Waals surface area contributed by atoms with Gasteiger partial charge in [0.15, 0.2) is 0 Å². The lowest BCUT2D eigenvalue weighted by molar-refractivity contribution is 0.360. The molecule has 0 amide bonds. The van der Waals surface area contributed by atoms with Crippen molar-refractivity contribution in [1.82, 2.24) is 0 Å². The number of furan rings is 1. The van der Waals surface area contributed by atoms with Gasteiger partial charge >= 0.3 is 0 Å². The highest BCUT2D eigenvalue weighted by atomic mass is 16.3. The standard InChI is InChI=1S/C10H15NO/c1-7-3-4-8(12-7)9(11)10(2)5-6-10/h3-4,9H,5-6,11H2,1-2H3/t9-/m0/s1. The van der Waals surface area contributed by atoms with Crippen LogP contribution < -0.4 is 5.73 Å². The van der Waals surface area contributed by atoms with Crippen LogP contribution in [0, 0.1) is 12.3 Å². The molecule has 1 atom stereocenters. The molecule has 0 spiro atoms. The average molecular weight is 165 g/mol. The summed E-state index contributed by atoms with van der Waals surface area (Å²) in [6.45, 7) is 4.17. The molecule has 0 aromatic carbocycles. The van der Waals surface area contributed by atoms with Gasteiger partial charge in [0.1, 0.15) is 11.5 Å². The highest BCUT2D eigenvalue weighted by molar-refractivity contribution is 5.15. The monoisotopic (exact) mass is 165 g/mol. The van der Waals surface area contributed by atoms with Crippen LogP contribution in [0.3, 0.4) is 0 Å². The van der Waals surface area contributed by atoms with E-state index in [-0.39, 0.29) is 6.04 Å². The molecule has 1 saturated carbocycles. The van der Waals surface area contributed by atoms with Gasteiger partial charge < -0.3 is 10.2 Å². The summed E-state index contributed by atoms with van der Waals surface area (Å²) >= 11 is 0. The number of hydrogen-bond donors (Lipinski definition) is 1. The first-order valence-corrected chi connectivity index (χ1v) is 4.44. The summed E-state index contributed by atoms with van der Waals surface area (Å²) in [5.41, 5.74) is 6.36. The van der Waals surface area contributed by atoms with E-state index in [9.17, 15) is 0 Å². The van der Waals surface area contributed by atoms with E-state index < -0.39 is 0 Å². The van der Waals surface area contributed by atoms with Crippen LogP contribution >= 0.6 is 0 Å². The molecule has 66 valence electrons. The molecule has 0 saturated heterocycles. The lowest BCUT2D eigenvalue weighted by Crippen LogP contribution is -2.19. The Balaban J connectivity index is 2.19. The van der Waals surface area contributed by atoms with Gasteiger partial charge in [0.2, 0.25) is 0 Å². The molecule has 1 aromatic rings. The largest absolute Gasteiger partial charge is 0.465 e. The fraction of sp³-hybridized carbons (Fsp3) is 0.600. The number of aryl methyl sites for hydroxylation is 1. The first-order valence-electron chi connectivity index (χ1n) is 4.44. The lowest BCUT2D eigenvalue weighted by Gasteiger charge is -2.15. The lowest BCUT2D eigenvalue weighted by atomic mass is 9.98. The molecule has 0 radical (unpaired) electrons. The third-order valence-corrected chi connectivity index (χ3v) is 2.86. The molecular formula is C10H15NO. The van der Waals surface area contributed by atoms with Crippen molar-refractivity contribution in [1.29, 1.82) is 0 Å². The van der Waals surface area contributed by atoms with Gasteiger partial charge in [0, 0.05) is 0 Å². The Morgan fingerprint density at radius 3 is 2.58 bits per heavy atom. The zero-order chi connectivity index (χ0) is 8.77. The molecular weight excluding hydrogens is 150 g/mol. The van der Waals surface area contributed by atoms with Gasteiger partial charge in [-0.15, -0.1) is 0 Å². The Bertz CT molecular complexity index is 286. The molecule has 1 aliphatic rings. The normalized spacial score (nSPS) is 22.2. The Kier molecular flexibility index (Phi) is 1.55. The van der Waals surface area contributed by atoms with Crippen LogP contribution in [0.5, 0.6) is 0 Å². The number of nitrogens with two attached hydrogens (primary N) is 1. The Morgan fingerprint density at radius 1 is 1.50 bits per heavy atom. The van der Waals surface area contributed by atoms with Crippen LogP contribution in [0.1, 0.15) is 37.3 Å². The van der Waals surface area contributed by atoms with E-state index in [1.807, 2.05) is 19.1 Å². The van der Waals surface area contributed by atoms with Crippen molar-refractivity contribution in [2.75, 3.05) is 0 Å². The molecule has 2 heteroatoms. The topological polar surface area (TPSA) is 39.2 Å². The molecule has 12 heavy (non-hydrogen) atoms. The van der Waals surface area contributed by atoms with E-state index in [2.05, 4.69) is 6.92 Å². The molecule has 2 rings (SSSR count). The molecule has 1 aliphatic carbocycles. The van der Waals surface area contributed by atoms with Crippen LogP contribution in [0.2, 0.25) is 0 Å². The van der Waals surface area contributed by atoms with E-state index in [0.29, 0.717) is 5.41 Å². The van der Waals surface area contributed by atoms with Crippen molar-refractivity contribution in [3.63, 3.8) is 0 Å². The van der Waals surface area contributed by atoms with Crippen LogP contribution in [-0.2, 0) is 0 Å². The Hall–Kier alpha value is -0.760. The second-order valence-electron chi connectivity index (χ2n) is 4.08.